The van der Waals surface area contributed by atoms with Gasteiger partial charge in [0.15, 0.2) is 0 Å². The minimum atomic E-state index is 0.0729. The van der Waals surface area contributed by atoms with E-state index in [1.165, 1.54) is 0 Å². The largest absolute Gasteiger partial charge is 0.337 e. The molecule has 0 bridgehead atoms. The highest BCUT2D eigenvalue weighted by atomic mass is 16.2. The normalized spacial score (nSPS) is 15.3. The molecule has 2 heterocycles. The lowest BCUT2D eigenvalue weighted by Crippen LogP contribution is -2.42. The summed E-state index contributed by atoms with van der Waals surface area (Å²) < 4.78 is 0. The molecule has 1 aromatic heterocycles. The van der Waals surface area contributed by atoms with E-state index in [1.807, 2.05) is 17.0 Å². The van der Waals surface area contributed by atoms with Crippen molar-refractivity contribution >= 4 is 5.91 Å². The molecule has 0 spiro atoms. The SMILES string of the molecule is CC(C)c1cccc(C(=O)N2CCC2)n1. The maximum absolute atomic E-state index is 11.9. The number of hydrogen-bond donors (Lipinski definition) is 0. The lowest BCUT2D eigenvalue weighted by molar-refractivity contribution is 0.0645. The lowest BCUT2D eigenvalue weighted by atomic mass is 10.1. The van der Waals surface area contributed by atoms with Crippen molar-refractivity contribution in [1.82, 2.24) is 9.88 Å². The van der Waals surface area contributed by atoms with E-state index in [0.717, 1.165) is 25.2 Å². The summed E-state index contributed by atoms with van der Waals surface area (Å²) in [5, 5.41) is 0. The summed E-state index contributed by atoms with van der Waals surface area (Å²) >= 11 is 0. The maximum Gasteiger partial charge on any atom is 0.272 e. The van der Waals surface area contributed by atoms with Crippen LogP contribution in [0.2, 0.25) is 0 Å². The Kier molecular flexibility index (Phi) is 2.71. The van der Waals surface area contributed by atoms with E-state index in [0.29, 0.717) is 11.6 Å². The monoisotopic (exact) mass is 204 g/mol. The van der Waals surface area contributed by atoms with Crippen molar-refractivity contribution in [3.8, 4) is 0 Å². The van der Waals surface area contributed by atoms with Crippen LogP contribution < -0.4 is 0 Å². The molecule has 3 nitrogen and oxygen atoms in total. The van der Waals surface area contributed by atoms with E-state index < -0.39 is 0 Å². The zero-order valence-corrected chi connectivity index (χ0v) is 9.23. The fraction of sp³-hybridized carbons (Fsp3) is 0.500. The van der Waals surface area contributed by atoms with Crippen LogP contribution in [0.25, 0.3) is 0 Å². The smallest absolute Gasteiger partial charge is 0.272 e. The van der Waals surface area contributed by atoms with Crippen LogP contribution in [-0.2, 0) is 0 Å². The van der Waals surface area contributed by atoms with Gasteiger partial charge < -0.3 is 4.90 Å². The van der Waals surface area contributed by atoms with Crippen molar-refractivity contribution in [2.24, 2.45) is 0 Å². The molecule has 0 aliphatic carbocycles. The number of hydrogen-bond acceptors (Lipinski definition) is 2. The van der Waals surface area contributed by atoms with Gasteiger partial charge in [-0.05, 0) is 24.5 Å². The van der Waals surface area contributed by atoms with E-state index in [4.69, 9.17) is 0 Å². The van der Waals surface area contributed by atoms with Crippen LogP contribution in [0.3, 0.4) is 0 Å². The molecule has 2 rings (SSSR count). The molecule has 15 heavy (non-hydrogen) atoms. The minimum absolute atomic E-state index is 0.0729. The molecule has 0 N–H and O–H groups in total. The summed E-state index contributed by atoms with van der Waals surface area (Å²) in [6.45, 7) is 5.93. The van der Waals surface area contributed by atoms with Gasteiger partial charge in [0.25, 0.3) is 5.91 Å². The second-order valence-corrected chi connectivity index (χ2v) is 4.25. The number of pyridine rings is 1. The summed E-state index contributed by atoms with van der Waals surface area (Å²) in [7, 11) is 0. The first-order valence-corrected chi connectivity index (χ1v) is 5.44. The first kappa shape index (κ1) is 10.1. The molecule has 0 aromatic carbocycles. The van der Waals surface area contributed by atoms with Crippen molar-refractivity contribution in [2.75, 3.05) is 13.1 Å². The number of carbonyl (C=O) groups excluding carboxylic acids is 1. The predicted molar refractivity (Wildman–Crippen MR) is 58.8 cm³/mol. The standard InChI is InChI=1S/C12H16N2O/c1-9(2)10-5-3-6-11(13-10)12(15)14-7-4-8-14/h3,5-6,9H,4,7-8H2,1-2H3. The van der Waals surface area contributed by atoms with E-state index in [1.54, 1.807) is 6.07 Å². The zero-order chi connectivity index (χ0) is 10.8. The summed E-state index contributed by atoms with van der Waals surface area (Å²) in [6, 6.07) is 5.68. The van der Waals surface area contributed by atoms with Crippen molar-refractivity contribution in [1.29, 1.82) is 0 Å². The Morgan fingerprint density at radius 1 is 1.40 bits per heavy atom. The second kappa shape index (κ2) is 4.01. The van der Waals surface area contributed by atoms with Gasteiger partial charge in [0.2, 0.25) is 0 Å². The third kappa shape index (κ3) is 2.01. The number of rotatable bonds is 2. The van der Waals surface area contributed by atoms with Gasteiger partial charge in [-0.25, -0.2) is 4.98 Å². The molecule has 0 atom stereocenters. The molecule has 1 aromatic rings. The van der Waals surface area contributed by atoms with E-state index in [2.05, 4.69) is 18.8 Å². The molecular formula is C12H16N2O. The molecule has 0 saturated carbocycles. The highest BCUT2D eigenvalue weighted by Crippen LogP contribution is 2.15. The first-order valence-electron chi connectivity index (χ1n) is 5.44. The fourth-order valence-corrected chi connectivity index (χ4v) is 1.57. The van der Waals surface area contributed by atoms with Crippen molar-refractivity contribution in [3.05, 3.63) is 29.6 Å². The molecule has 1 fully saturated rings. The van der Waals surface area contributed by atoms with Crippen LogP contribution in [0.5, 0.6) is 0 Å². The van der Waals surface area contributed by atoms with Gasteiger partial charge in [0.1, 0.15) is 5.69 Å². The number of amides is 1. The highest BCUT2D eigenvalue weighted by molar-refractivity contribution is 5.92. The minimum Gasteiger partial charge on any atom is -0.337 e. The van der Waals surface area contributed by atoms with Crippen LogP contribution in [0.1, 0.15) is 42.4 Å². The van der Waals surface area contributed by atoms with Gasteiger partial charge in [-0.1, -0.05) is 19.9 Å². The maximum atomic E-state index is 11.9. The third-order valence-corrected chi connectivity index (χ3v) is 2.72. The number of nitrogens with zero attached hydrogens (tertiary/aromatic N) is 2. The molecule has 1 amide bonds. The lowest BCUT2D eigenvalue weighted by Gasteiger charge is -2.30. The van der Waals surface area contributed by atoms with Gasteiger partial charge in [-0.15, -0.1) is 0 Å². The van der Waals surface area contributed by atoms with Gasteiger partial charge >= 0.3 is 0 Å². The van der Waals surface area contributed by atoms with Crippen LogP contribution in [0.15, 0.2) is 18.2 Å². The molecule has 1 aliphatic heterocycles. The predicted octanol–water partition coefficient (Wildman–Crippen LogP) is 2.05. The summed E-state index contributed by atoms with van der Waals surface area (Å²) in [6.07, 6.45) is 1.12. The van der Waals surface area contributed by atoms with Crippen LogP contribution >= 0.6 is 0 Å². The Morgan fingerprint density at radius 3 is 2.67 bits per heavy atom. The second-order valence-electron chi connectivity index (χ2n) is 4.25. The van der Waals surface area contributed by atoms with E-state index in [9.17, 15) is 4.79 Å². The summed E-state index contributed by atoms with van der Waals surface area (Å²) in [4.78, 5) is 18.1. The molecule has 80 valence electrons. The van der Waals surface area contributed by atoms with Crippen molar-refractivity contribution in [2.45, 2.75) is 26.2 Å². The first-order chi connectivity index (χ1) is 7.18. The molecule has 0 radical (unpaired) electrons. The number of carbonyl (C=O) groups is 1. The molecular weight excluding hydrogens is 188 g/mol. The number of likely N-dealkylation sites (tertiary alicyclic amines) is 1. The number of aromatic nitrogens is 1. The Balaban J connectivity index is 2.20. The van der Waals surface area contributed by atoms with E-state index in [-0.39, 0.29) is 5.91 Å². The Labute approximate surface area is 90.1 Å². The summed E-state index contributed by atoms with van der Waals surface area (Å²) in [5.74, 6) is 0.442. The average molecular weight is 204 g/mol. The molecule has 1 saturated heterocycles. The van der Waals surface area contributed by atoms with E-state index >= 15 is 0 Å². The highest BCUT2D eigenvalue weighted by Gasteiger charge is 2.22. The molecule has 0 unspecified atom stereocenters. The fourth-order valence-electron chi connectivity index (χ4n) is 1.57. The Morgan fingerprint density at radius 2 is 2.13 bits per heavy atom. The average Bonchev–Trinajstić information content (AvgIpc) is 2.15. The van der Waals surface area contributed by atoms with Gasteiger partial charge in [-0.2, -0.15) is 0 Å². The van der Waals surface area contributed by atoms with Crippen molar-refractivity contribution in [3.63, 3.8) is 0 Å². The molecule has 1 aliphatic rings. The van der Waals surface area contributed by atoms with Crippen LogP contribution in [0.4, 0.5) is 0 Å². The summed E-state index contributed by atoms with van der Waals surface area (Å²) in [5.41, 5.74) is 1.57. The zero-order valence-electron chi connectivity index (χ0n) is 9.23. The topological polar surface area (TPSA) is 33.2 Å². The third-order valence-electron chi connectivity index (χ3n) is 2.72. The van der Waals surface area contributed by atoms with Gasteiger partial charge in [0, 0.05) is 18.8 Å². The Hall–Kier alpha value is -1.38. The van der Waals surface area contributed by atoms with Crippen molar-refractivity contribution < 1.29 is 4.79 Å². The quantitative estimate of drug-likeness (QED) is 0.738. The van der Waals surface area contributed by atoms with Crippen LogP contribution in [-0.4, -0.2) is 28.9 Å². The molecule has 3 heteroatoms. The van der Waals surface area contributed by atoms with Gasteiger partial charge in [-0.3, -0.25) is 4.79 Å². The Bertz CT molecular complexity index is 370. The van der Waals surface area contributed by atoms with Gasteiger partial charge in [0.05, 0.1) is 0 Å². The van der Waals surface area contributed by atoms with Crippen LogP contribution in [0, 0.1) is 0 Å².